The molecule has 1 N–H and O–H groups in total. The lowest BCUT2D eigenvalue weighted by Gasteiger charge is -2.22. The van der Waals surface area contributed by atoms with Gasteiger partial charge in [-0.05, 0) is 25.2 Å². The van der Waals surface area contributed by atoms with E-state index in [1.165, 1.54) is 12.0 Å². The summed E-state index contributed by atoms with van der Waals surface area (Å²) in [5.74, 6) is 1.35. The zero-order chi connectivity index (χ0) is 13.8. The van der Waals surface area contributed by atoms with Crippen LogP contribution in [0.5, 0.6) is 0 Å². The maximum atomic E-state index is 12.1. The van der Waals surface area contributed by atoms with E-state index in [4.69, 9.17) is 0 Å². The topological polar surface area (TPSA) is 46.9 Å². The van der Waals surface area contributed by atoms with Gasteiger partial charge in [0.2, 0.25) is 5.91 Å². The number of nitrogens with zero attached hydrogens (tertiary/aromatic N) is 2. The molecule has 0 radical (unpaired) electrons. The number of carbonyl (C=O) groups excluding carboxylic acids is 1. The fourth-order valence-electron chi connectivity index (χ4n) is 2.53. The highest BCUT2D eigenvalue weighted by molar-refractivity contribution is 5.79. The molecule has 0 bridgehead atoms. The lowest BCUT2D eigenvalue weighted by molar-refractivity contribution is -0.121. The Balaban J connectivity index is 2.01. The highest BCUT2D eigenvalue weighted by atomic mass is 16.1. The van der Waals surface area contributed by atoms with Crippen LogP contribution in [0.1, 0.15) is 51.4 Å². The molecule has 0 aromatic carbocycles. The van der Waals surface area contributed by atoms with Crippen molar-refractivity contribution in [2.75, 3.05) is 0 Å². The van der Waals surface area contributed by atoms with Crippen LogP contribution in [0.4, 0.5) is 0 Å². The number of rotatable bonds is 5. The molecule has 1 aromatic rings. The summed E-state index contributed by atoms with van der Waals surface area (Å²) in [5, 5.41) is 3.12. The van der Waals surface area contributed by atoms with Gasteiger partial charge in [-0.15, -0.1) is 0 Å². The van der Waals surface area contributed by atoms with Crippen LogP contribution < -0.4 is 5.32 Å². The van der Waals surface area contributed by atoms with Crippen molar-refractivity contribution in [1.29, 1.82) is 0 Å². The van der Waals surface area contributed by atoms with Gasteiger partial charge in [-0.3, -0.25) is 4.79 Å². The third kappa shape index (κ3) is 3.46. The summed E-state index contributed by atoms with van der Waals surface area (Å²) in [4.78, 5) is 16.5. The normalized spacial score (nSPS) is 16.5. The summed E-state index contributed by atoms with van der Waals surface area (Å²) in [6.07, 6.45) is 9.80. The minimum absolute atomic E-state index is 0.0190. The highest BCUT2D eigenvalue weighted by Crippen LogP contribution is 2.23. The van der Waals surface area contributed by atoms with E-state index in [0.717, 1.165) is 18.7 Å². The van der Waals surface area contributed by atoms with Crippen molar-refractivity contribution >= 4 is 5.91 Å². The average Bonchev–Trinajstić information content (AvgIpc) is 2.97. The van der Waals surface area contributed by atoms with E-state index in [1.807, 2.05) is 17.8 Å². The van der Waals surface area contributed by atoms with Gasteiger partial charge in [0.05, 0.1) is 6.04 Å². The first-order chi connectivity index (χ1) is 9.08. The average molecular weight is 261 g/mol. The van der Waals surface area contributed by atoms with Crippen LogP contribution >= 0.6 is 0 Å². The Morgan fingerprint density at radius 3 is 2.84 bits per heavy atom. The number of imidazole rings is 1. The number of aromatic nitrogens is 2. The predicted molar refractivity (Wildman–Crippen MR) is 75.5 cm³/mol. The van der Waals surface area contributed by atoms with E-state index in [2.05, 4.69) is 30.2 Å². The maximum absolute atomic E-state index is 12.1. The molecular formula is C15H23N3O. The van der Waals surface area contributed by atoms with Crippen molar-refractivity contribution in [2.24, 2.45) is 13.0 Å². The molecule has 1 aliphatic rings. The smallest absolute Gasteiger partial charge is 0.224 e. The van der Waals surface area contributed by atoms with Crippen LogP contribution in [0.3, 0.4) is 0 Å². The van der Waals surface area contributed by atoms with Crippen molar-refractivity contribution in [3.8, 4) is 0 Å². The quantitative estimate of drug-likeness (QED) is 0.828. The van der Waals surface area contributed by atoms with Crippen molar-refractivity contribution in [1.82, 2.24) is 14.9 Å². The minimum atomic E-state index is -0.0190. The molecule has 4 heteroatoms. The standard InChI is InChI=1S/C15H23N3O/c1-11(2)14(15-16-8-9-18(15)3)17-13(19)10-12-6-4-5-7-12/h6,8-9,11,14H,4-5,7,10H2,1-3H3,(H,17,19)/t14-/m0/s1. The third-order valence-electron chi connectivity index (χ3n) is 3.64. The lowest BCUT2D eigenvalue weighted by Crippen LogP contribution is -2.33. The summed E-state index contributed by atoms with van der Waals surface area (Å²) >= 11 is 0. The van der Waals surface area contributed by atoms with Gasteiger partial charge in [0, 0.05) is 25.9 Å². The number of amides is 1. The Morgan fingerprint density at radius 1 is 1.53 bits per heavy atom. The van der Waals surface area contributed by atoms with Crippen molar-refractivity contribution in [3.05, 3.63) is 29.9 Å². The summed E-state index contributed by atoms with van der Waals surface area (Å²) in [6, 6.07) is -0.0190. The molecule has 104 valence electrons. The molecule has 0 saturated heterocycles. The fraction of sp³-hybridized carbons (Fsp3) is 0.600. The monoisotopic (exact) mass is 261 g/mol. The predicted octanol–water partition coefficient (Wildman–Crippen LogP) is 2.73. The third-order valence-corrected chi connectivity index (χ3v) is 3.64. The van der Waals surface area contributed by atoms with Gasteiger partial charge in [0.1, 0.15) is 5.82 Å². The zero-order valence-corrected chi connectivity index (χ0v) is 12.0. The second-order valence-electron chi connectivity index (χ2n) is 5.62. The first kappa shape index (κ1) is 13.8. The van der Waals surface area contributed by atoms with Gasteiger partial charge >= 0.3 is 0 Å². The molecule has 0 fully saturated rings. The molecule has 1 atom stereocenters. The van der Waals surface area contributed by atoms with E-state index in [1.54, 1.807) is 6.20 Å². The zero-order valence-electron chi connectivity index (χ0n) is 12.0. The van der Waals surface area contributed by atoms with E-state index in [0.29, 0.717) is 12.3 Å². The molecular weight excluding hydrogens is 238 g/mol. The van der Waals surface area contributed by atoms with Gasteiger partial charge in [-0.25, -0.2) is 4.98 Å². The largest absolute Gasteiger partial charge is 0.346 e. The maximum Gasteiger partial charge on any atom is 0.224 e. The van der Waals surface area contributed by atoms with Gasteiger partial charge in [-0.1, -0.05) is 25.5 Å². The van der Waals surface area contributed by atoms with Crippen LogP contribution in [0.25, 0.3) is 0 Å². The summed E-state index contributed by atoms with van der Waals surface area (Å²) in [6.45, 7) is 4.21. The molecule has 0 unspecified atom stereocenters. The fourth-order valence-corrected chi connectivity index (χ4v) is 2.53. The molecule has 1 amide bonds. The lowest BCUT2D eigenvalue weighted by atomic mass is 10.0. The van der Waals surface area contributed by atoms with E-state index < -0.39 is 0 Å². The van der Waals surface area contributed by atoms with Crippen LogP contribution in [-0.4, -0.2) is 15.5 Å². The van der Waals surface area contributed by atoms with Crippen LogP contribution in [-0.2, 0) is 11.8 Å². The summed E-state index contributed by atoms with van der Waals surface area (Å²) in [7, 11) is 1.96. The Kier molecular flexibility index (Phi) is 4.40. The Morgan fingerprint density at radius 2 is 2.32 bits per heavy atom. The molecule has 0 aliphatic heterocycles. The Labute approximate surface area is 114 Å². The number of hydrogen-bond acceptors (Lipinski definition) is 2. The summed E-state index contributed by atoms with van der Waals surface area (Å²) in [5.41, 5.74) is 1.28. The second-order valence-corrected chi connectivity index (χ2v) is 5.62. The second kappa shape index (κ2) is 6.04. The van der Waals surface area contributed by atoms with E-state index in [9.17, 15) is 4.79 Å². The molecule has 1 aliphatic carbocycles. The first-order valence-corrected chi connectivity index (χ1v) is 7.02. The molecule has 4 nitrogen and oxygen atoms in total. The van der Waals surface area contributed by atoms with Gasteiger partial charge in [-0.2, -0.15) is 0 Å². The number of hydrogen-bond donors (Lipinski definition) is 1. The molecule has 19 heavy (non-hydrogen) atoms. The van der Waals surface area contributed by atoms with Gasteiger partial charge in [0.15, 0.2) is 0 Å². The molecule has 2 rings (SSSR count). The molecule has 1 aromatic heterocycles. The molecule has 0 spiro atoms. The minimum Gasteiger partial charge on any atom is -0.346 e. The van der Waals surface area contributed by atoms with E-state index >= 15 is 0 Å². The SMILES string of the molecule is CC(C)[C@H](NC(=O)CC1=CCCC1)c1nccn1C. The number of carbonyl (C=O) groups is 1. The molecule has 1 heterocycles. The van der Waals surface area contributed by atoms with Crippen LogP contribution in [0, 0.1) is 5.92 Å². The van der Waals surface area contributed by atoms with Gasteiger partial charge in [0.25, 0.3) is 0 Å². The van der Waals surface area contributed by atoms with Gasteiger partial charge < -0.3 is 9.88 Å². The van der Waals surface area contributed by atoms with Crippen LogP contribution in [0.15, 0.2) is 24.0 Å². The van der Waals surface area contributed by atoms with Crippen molar-refractivity contribution in [3.63, 3.8) is 0 Å². The van der Waals surface area contributed by atoms with Crippen LogP contribution in [0.2, 0.25) is 0 Å². The van der Waals surface area contributed by atoms with Crippen molar-refractivity contribution in [2.45, 2.75) is 45.6 Å². The highest BCUT2D eigenvalue weighted by Gasteiger charge is 2.22. The Hall–Kier alpha value is -1.58. The Bertz CT molecular complexity index is 473. The number of nitrogens with one attached hydrogen (secondary N) is 1. The first-order valence-electron chi connectivity index (χ1n) is 7.02. The molecule has 0 saturated carbocycles. The number of aryl methyl sites for hydroxylation is 1. The van der Waals surface area contributed by atoms with Crippen molar-refractivity contribution < 1.29 is 4.79 Å². The number of allylic oxidation sites excluding steroid dienone is 1. The summed E-state index contributed by atoms with van der Waals surface area (Å²) < 4.78 is 1.97. The van der Waals surface area contributed by atoms with E-state index in [-0.39, 0.29) is 11.9 Å².